The van der Waals surface area contributed by atoms with Crippen molar-refractivity contribution in [2.75, 3.05) is 0 Å². The Labute approximate surface area is 109 Å². The number of rotatable bonds is 3. The summed E-state index contributed by atoms with van der Waals surface area (Å²) in [5.74, 6) is 0.719. The molecule has 0 saturated heterocycles. The van der Waals surface area contributed by atoms with E-state index in [-0.39, 0.29) is 0 Å². The van der Waals surface area contributed by atoms with Crippen LogP contribution in [0.4, 0.5) is 0 Å². The summed E-state index contributed by atoms with van der Waals surface area (Å²) in [5, 5.41) is 12.9. The van der Waals surface area contributed by atoms with E-state index in [2.05, 4.69) is 16.2 Å². The third-order valence-corrected chi connectivity index (χ3v) is 2.75. The van der Waals surface area contributed by atoms with Crippen LogP contribution >= 0.6 is 0 Å². The van der Waals surface area contributed by atoms with Gasteiger partial charge < -0.3 is 4.74 Å². The molecule has 0 atom stereocenters. The normalized spacial score (nSPS) is 10.3. The van der Waals surface area contributed by atoms with Gasteiger partial charge in [0.15, 0.2) is 5.65 Å². The van der Waals surface area contributed by atoms with Crippen LogP contribution in [0.3, 0.4) is 0 Å². The van der Waals surface area contributed by atoms with Gasteiger partial charge in [-0.3, -0.25) is 0 Å². The second kappa shape index (κ2) is 4.78. The van der Waals surface area contributed by atoms with Gasteiger partial charge in [0, 0.05) is 0 Å². The molecule has 0 radical (unpaired) electrons. The van der Waals surface area contributed by atoms with Gasteiger partial charge in [-0.05, 0) is 36.4 Å². The van der Waals surface area contributed by atoms with Gasteiger partial charge in [-0.2, -0.15) is 10.4 Å². The van der Waals surface area contributed by atoms with Crippen molar-refractivity contribution in [3.05, 3.63) is 60.0 Å². The van der Waals surface area contributed by atoms with E-state index in [9.17, 15) is 0 Å². The van der Waals surface area contributed by atoms with Gasteiger partial charge in [0.1, 0.15) is 18.7 Å². The van der Waals surface area contributed by atoms with E-state index in [0.29, 0.717) is 12.2 Å². The fourth-order valence-electron chi connectivity index (χ4n) is 1.79. The van der Waals surface area contributed by atoms with E-state index in [0.717, 1.165) is 17.1 Å². The van der Waals surface area contributed by atoms with E-state index in [1.165, 1.54) is 6.33 Å². The average Bonchev–Trinajstić information content (AvgIpc) is 2.94. The summed E-state index contributed by atoms with van der Waals surface area (Å²) >= 11 is 0. The van der Waals surface area contributed by atoms with Crippen LogP contribution in [-0.2, 0) is 6.61 Å². The first-order chi connectivity index (χ1) is 9.36. The Bertz CT molecular complexity index is 740. The highest BCUT2D eigenvalue weighted by molar-refractivity contribution is 5.38. The van der Waals surface area contributed by atoms with Gasteiger partial charge in [0.05, 0.1) is 17.3 Å². The highest BCUT2D eigenvalue weighted by Crippen LogP contribution is 2.14. The van der Waals surface area contributed by atoms with Gasteiger partial charge in [0.2, 0.25) is 0 Å². The summed E-state index contributed by atoms with van der Waals surface area (Å²) in [7, 11) is 0. The van der Waals surface area contributed by atoms with Crippen molar-refractivity contribution in [1.82, 2.24) is 14.6 Å². The Hall–Kier alpha value is -2.87. The maximum absolute atomic E-state index is 8.72. The molecule has 2 heterocycles. The average molecular weight is 250 g/mol. The molecule has 3 rings (SSSR count). The Kier molecular flexibility index (Phi) is 2.83. The molecule has 5 nitrogen and oxygen atoms in total. The number of nitriles is 1. The SMILES string of the molecule is N#Cc1ccc(OCc2cccc3ncnn23)cc1. The number of pyridine rings is 1. The second-order valence-corrected chi connectivity index (χ2v) is 3.97. The third-order valence-electron chi connectivity index (χ3n) is 2.75. The molecule has 0 spiro atoms. The highest BCUT2D eigenvalue weighted by atomic mass is 16.5. The quantitative estimate of drug-likeness (QED) is 0.714. The van der Waals surface area contributed by atoms with Crippen molar-refractivity contribution < 1.29 is 4.74 Å². The fourth-order valence-corrected chi connectivity index (χ4v) is 1.79. The first kappa shape index (κ1) is 11.2. The molecule has 0 aliphatic rings. The summed E-state index contributed by atoms with van der Waals surface area (Å²) in [6, 6.07) is 14.8. The lowest BCUT2D eigenvalue weighted by Crippen LogP contribution is -2.03. The van der Waals surface area contributed by atoms with E-state index >= 15 is 0 Å². The van der Waals surface area contributed by atoms with Crippen LogP contribution in [0.15, 0.2) is 48.8 Å². The zero-order chi connectivity index (χ0) is 13.1. The number of aromatic nitrogens is 3. The Morgan fingerprint density at radius 2 is 2.00 bits per heavy atom. The molecule has 0 saturated carbocycles. The number of nitrogens with zero attached hydrogens (tertiary/aromatic N) is 4. The van der Waals surface area contributed by atoms with E-state index in [4.69, 9.17) is 10.00 Å². The highest BCUT2D eigenvalue weighted by Gasteiger charge is 2.03. The minimum Gasteiger partial charge on any atom is -0.487 e. The molecule has 0 bridgehead atoms. The molecule has 19 heavy (non-hydrogen) atoms. The molecule has 0 aliphatic heterocycles. The van der Waals surface area contributed by atoms with Crippen molar-refractivity contribution in [3.8, 4) is 11.8 Å². The number of fused-ring (bicyclic) bond motifs is 1. The Morgan fingerprint density at radius 3 is 2.79 bits per heavy atom. The number of benzene rings is 1. The topological polar surface area (TPSA) is 63.2 Å². The second-order valence-electron chi connectivity index (χ2n) is 3.97. The monoisotopic (exact) mass is 250 g/mol. The molecular formula is C14H10N4O. The first-order valence-electron chi connectivity index (χ1n) is 5.77. The number of ether oxygens (including phenoxy) is 1. The van der Waals surface area contributed by atoms with Crippen LogP contribution in [0.25, 0.3) is 5.65 Å². The van der Waals surface area contributed by atoms with Gasteiger partial charge in [0.25, 0.3) is 0 Å². The standard InChI is InChI=1S/C14H10N4O/c15-8-11-4-6-13(7-5-11)19-9-12-2-1-3-14-16-10-17-18(12)14/h1-7,10H,9H2. The number of hydrogen-bond donors (Lipinski definition) is 0. The van der Waals surface area contributed by atoms with Crippen LogP contribution in [0.1, 0.15) is 11.3 Å². The van der Waals surface area contributed by atoms with Crippen LogP contribution in [-0.4, -0.2) is 14.6 Å². The molecule has 92 valence electrons. The fraction of sp³-hybridized carbons (Fsp3) is 0.0714. The van der Waals surface area contributed by atoms with E-state index < -0.39 is 0 Å². The van der Waals surface area contributed by atoms with Crippen LogP contribution in [0.2, 0.25) is 0 Å². The summed E-state index contributed by atoms with van der Waals surface area (Å²) in [4.78, 5) is 4.12. The summed E-state index contributed by atoms with van der Waals surface area (Å²) < 4.78 is 7.41. The first-order valence-corrected chi connectivity index (χ1v) is 5.77. The van der Waals surface area contributed by atoms with Gasteiger partial charge in [-0.15, -0.1) is 0 Å². The van der Waals surface area contributed by atoms with Gasteiger partial charge >= 0.3 is 0 Å². The van der Waals surface area contributed by atoms with Crippen molar-refractivity contribution in [1.29, 1.82) is 5.26 Å². The molecule has 1 aromatic carbocycles. The minimum atomic E-state index is 0.395. The predicted molar refractivity (Wildman–Crippen MR) is 68.5 cm³/mol. The van der Waals surface area contributed by atoms with Crippen LogP contribution < -0.4 is 4.74 Å². The largest absolute Gasteiger partial charge is 0.487 e. The summed E-state index contributed by atoms with van der Waals surface area (Å²) in [5.41, 5.74) is 2.33. The molecule has 5 heteroatoms. The van der Waals surface area contributed by atoms with Crippen LogP contribution in [0.5, 0.6) is 5.75 Å². The maximum Gasteiger partial charge on any atom is 0.155 e. The van der Waals surface area contributed by atoms with Crippen molar-refractivity contribution >= 4 is 5.65 Å². The predicted octanol–water partition coefficient (Wildman–Crippen LogP) is 2.18. The molecule has 0 unspecified atom stereocenters. The van der Waals surface area contributed by atoms with E-state index in [1.54, 1.807) is 28.8 Å². The van der Waals surface area contributed by atoms with E-state index in [1.807, 2.05) is 18.2 Å². The maximum atomic E-state index is 8.72. The lowest BCUT2D eigenvalue weighted by atomic mass is 10.2. The molecule has 0 amide bonds. The number of hydrogen-bond acceptors (Lipinski definition) is 4. The van der Waals surface area contributed by atoms with Crippen molar-refractivity contribution in [2.45, 2.75) is 6.61 Å². The minimum absolute atomic E-state index is 0.395. The van der Waals surface area contributed by atoms with Gasteiger partial charge in [-0.1, -0.05) is 6.07 Å². The smallest absolute Gasteiger partial charge is 0.155 e. The lowest BCUT2D eigenvalue weighted by molar-refractivity contribution is 0.298. The molecule has 3 aromatic rings. The Morgan fingerprint density at radius 1 is 1.16 bits per heavy atom. The molecule has 2 aromatic heterocycles. The molecule has 0 N–H and O–H groups in total. The van der Waals surface area contributed by atoms with Crippen LogP contribution in [0, 0.1) is 11.3 Å². The van der Waals surface area contributed by atoms with Gasteiger partial charge in [-0.25, -0.2) is 9.50 Å². The Balaban J connectivity index is 1.78. The zero-order valence-corrected chi connectivity index (χ0v) is 10.0. The molecular weight excluding hydrogens is 240 g/mol. The summed E-state index contributed by atoms with van der Waals surface area (Å²) in [6.45, 7) is 0.395. The summed E-state index contributed by atoms with van der Waals surface area (Å²) in [6.07, 6.45) is 1.51. The lowest BCUT2D eigenvalue weighted by Gasteiger charge is -2.07. The zero-order valence-electron chi connectivity index (χ0n) is 10.0. The van der Waals surface area contributed by atoms with Crippen molar-refractivity contribution in [2.24, 2.45) is 0 Å². The molecule has 0 fully saturated rings. The van der Waals surface area contributed by atoms with Crippen molar-refractivity contribution in [3.63, 3.8) is 0 Å². The molecule has 0 aliphatic carbocycles. The third kappa shape index (κ3) is 2.24.